The third-order valence-corrected chi connectivity index (χ3v) is 7.49. The van der Waals surface area contributed by atoms with Gasteiger partial charge in [0.1, 0.15) is 6.54 Å². The highest BCUT2D eigenvalue weighted by Crippen LogP contribution is 2.60. The second-order valence-corrected chi connectivity index (χ2v) is 9.61. The zero-order valence-corrected chi connectivity index (χ0v) is 19.6. The molecular formula is C29H24N2O5. The number of nitrogens with one attached hydrogen (secondary N) is 1. The van der Waals surface area contributed by atoms with Gasteiger partial charge in [0.25, 0.3) is 5.91 Å². The highest BCUT2D eigenvalue weighted by molar-refractivity contribution is 6.09. The Labute approximate surface area is 208 Å². The van der Waals surface area contributed by atoms with Gasteiger partial charge in [-0.25, -0.2) is 0 Å². The highest BCUT2D eigenvalue weighted by atomic mass is 16.5. The van der Waals surface area contributed by atoms with Crippen molar-refractivity contribution in [3.8, 4) is 0 Å². The second kappa shape index (κ2) is 8.45. The van der Waals surface area contributed by atoms with Crippen molar-refractivity contribution in [3.63, 3.8) is 0 Å². The molecule has 0 radical (unpaired) electrons. The summed E-state index contributed by atoms with van der Waals surface area (Å²) in [7, 11) is 0. The molecule has 7 heteroatoms. The van der Waals surface area contributed by atoms with E-state index in [0.717, 1.165) is 32.7 Å². The normalized spacial score (nSPS) is 23.1. The van der Waals surface area contributed by atoms with Crippen molar-refractivity contribution in [3.05, 3.63) is 101 Å². The summed E-state index contributed by atoms with van der Waals surface area (Å²) < 4.78 is 5.11. The van der Waals surface area contributed by atoms with Gasteiger partial charge in [-0.05, 0) is 46.9 Å². The van der Waals surface area contributed by atoms with E-state index >= 15 is 0 Å². The van der Waals surface area contributed by atoms with Crippen LogP contribution in [0.2, 0.25) is 0 Å². The molecule has 180 valence electrons. The summed E-state index contributed by atoms with van der Waals surface area (Å²) in [6.45, 7) is 0.896. The Morgan fingerprint density at radius 2 is 1.33 bits per heavy atom. The first-order chi connectivity index (χ1) is 17.4. The third kappa shape index (κ3) is 3.42. The molecule has 4 aliphatic rings. The van der Waals surface area contributed by atoms with Crippen LogP contribution in [0.15, 0.2) is 72.8 Å². The minimum absolute atomic E-state index is 0.232. The molecule has 3 aromatic carbocycles. The average molecular weight is 481 g/mol. The SMILES string of the molecule is Cc1cccc(NC(=O)COC(=O)CN2C(=O)[C@@H]3C4c5ccccc5C(c5ccccc54)[C@H]3C2=O)c1. The Balaban J connectivity index is 1.19. The molecule has 1 saturated heterocycles. The molecule has 1 fully saturated rings. The number of nitrogens with zero attached hydrogens (tertiary/aromatic N) is 1. The van der Waals surface area contributed by atoms with Crippen LogP contribution in [0, 0.1) is 18.8 Å². The average Bonchev–Trinajstić information content (AvgIpc) is 3.13. The summed E-state index contributed by atoms with van der Waals surface area (Å²) in [4.78, 5) is 52.9. The minimum Gasteiger partial charge on any atom is -0.454 e. The van der Waals surface area contributed by atoms with Crippen LogP contribution in [0.1, 0.15) is 39.7 Å². The van der Waals surface area contributed by atoms with Crippen LogP contribution in [-0.2, 0) is 23.9 Å². The number of hydrogen-bond acceptors (Lipinski definition) is 5. The number of carbonyl (C=O) groups is 4. The molecule has 0 unspecified atom stereocenters. The van der Waals surface area contributed by atoms with Crippen LogP contribution in [0.25, 0.3) is 0 Å². The van der Waals surface area contributed by atoms with Crippen LogP contribution in [0.5, 0.6) is 0 Å². The molecule has 1 heterocycles. The summed E-state index contributed by atoms with van der Waals surface area (Å²) in [5.74, 6) is -3.57. The van der Waals surface area contributed by atoms with Crippen LogP contribution in [-0.4, -0.2) is 41.7 Å². The fourth-order valence-corrected chi connectivity index (χ4v) is 6.14. The quantitative estimate of drug-likeness (QED) is 0.447. The van der Waals surface area contributed by atoms with E-state index in [9.17, 15) is 19.2 Å². The molecule has 3 aromatic rings. The summed E-state index contributed by atoms with van der Waals surface area (Å²) in [6.07, 6.45) is 0. The van der Waals surface area contributed by atoms with E-state index in [2.05, 4.69) is 5.32 Å². The van der Waals surface area contributed by atoms with E-state index in [0.29, 0.717) is 5.69 Å². The number of aryl methyl sites for hydroxylation is 1. The number of anilines is 1. The second-order valence-electron chi connectivity index (χ2n) is 9.61. The number of carbonyl (C=O) groups excluding carboxylic acids is 4. The predicted octanol–water partition coefficient (Wildman–Crippen LogP) is 3.37. The Kier molecular flexibility index (Phi) is 5.21. The zero-order valence-electron chi connectivity index (χ0n) is 19.6. The lowest BCUT2D eigenvalue weighted by atomic mass is 9.55. The van der Waals surface area contributed by atoms with Crippen molar-refractivity contribution in [2.24, 2.45) is 11.8 Å². The lowest BCUT2D eigenvalue weighted by Gasteiger charge is -2.45. The number of esters is 1. The van der Waals surface area contributed by atoms with Crippen LogP contribution in [0.3, 0.4) is 0 Å². The van der Waals surface area contributed by atoms with Crippen molar-refractivity contribution in [1.82, 2.24) is 4.90 Å². The fourth-order valence-electron chi connectivity index (χ4n) is 6.14. The van der Waals surface area contributed by atoms with Crippen LogP contribution < -0.4 is 5.32 Å². The Hall–Kier alpha value is -4.26. The van der Waals surface area contributed by atoms with E-state index in [1.807, 2.05) is 67.6 Å². The molecule has 0 aromatic heterocycles. The molecular weight excluding hydrogens is 456 g/mol. The van der Waals surface area contributed by atoms with Gasteiger partial charge in [-0.15, -0.1) is 0 Å². The molecule has 0 spiro atoms. The number of hydrogen-bond donors (Lipinski definition) is 1. The van der Waals surface area contributed by atoms with E-state index in [4.69, 9.17) is 4.74 Å². The third-order valence-electron chi connectivity index (χ3n) is 7.49. The van der Waals surface area contributed by atoms with Crippen molar-refractivity contribution < 1.29 is 23.9 Å². The van der Waals surface area contributed by atoms with Crippen LogP contribution in [0.4, 0.5) is 5.69 Å². The number of amides is 3. The van der Waals surface area contributed by atoms with Crippen molar-refractivity contribution >= 4 is 29.4 Å². The molecule has 7 rings (SSSR count). The standard InChI is InChI=1S/C29H24N2O5/c1-16-7-6-8-17(13-16)30-22(32)15-36-23(33)14-31-28(34)26-24-18-9-2-3-10-19(18)25(27(26)29(31)35)21-12-5-4-11-20(21)24/h2-13,24-27H,14-15H2,1H3,(H,30,32)/t24?,25?,26-,27-/m1/s1. The van der Waals surface area contributed by atoms with Gasteiger partial charge in [-0.3, -0.25) is 24.1 Å². The molecule has 3 aliphatic carbocycles. The van der Waals surface area contributed by atoms with E-state index in [1.165, 1.54) is 0 Å². The van der Waals surface area contributed by atoms with Gasteiger partial charge >= 0.3 is 5.97 Å². The zero-order chi connectivity index (χ0) is 25.0. The maximum absolute atomic E-state index is 13.5. The molecule has 3 amide bonds. The van der Waals surface area contributed by atoms with Crippen molar-refractivity contribution in [1.29, 1.82) is 0 Å². The lowest BCUT2D eigenvalue weighted by Crippen LogP contribution is -2.41. The molecule has 2 atom stereocenters. The Morgan fingerprint density at radius 3 is 1.83 bits per heavy atom. The first-order valence-electron chi connectivity index (χ1n) is 12.0. The molecule has 1 N–H and O–H groups in total. The predicted molar refractivity (Wildman–Crippen MR) is 131 cm³/mol. The van der Waals surface area contributed by atoms with Gasteiger partial charge in [-0.1, -0.05) is 60.7 Å². The number of rotatable bonds is 5. The molecule has 0 saturated carbocycles. The van der Waals surface area contributed by atoms with Crippen molar-refractivity contribution in [2.45, 2.75) is 18.8 Å². The van der Waals surface area contributed by atoms with Gasteiger partial charge in [0.15, 0.2) is 6.61 Å². The highest BCUT2D eigenvalue weighted by Gasteiger charge is 2.61. The van der Waals surface area contributed by atoms with E-state index in [-0.39, 0.29) is 23.7 Å². The fraction of sp³-hybridized carbons (Fsp3) is 0.241. The molecule has 36 heavy (non-hydrogen) atoms. The number of ether oxygens (including phenoxy) is 1. The number of imide groups is 1. The summed E-state index contributed by atoms with van der Waals surface area (Å²) in [5, 5.41) is 2.67. The first-order valence-corrected chi connectivity index (χ1v) is 12.0. The van der Waals surface area contributed by atoms with Crippen LogP contribution >= 0.6 is 0 Å². The Bertz CT molecular complexity index is 1310. The van der Waals surface area contributed by atoms with Gasteiger partial charge in [-0.2, -0.15) is 0 Å². The minimum atomic E-state index is -0.794. The van der Waals surface area contributed by atoms with E-state index < -0.39 is 36.9 Å². The van der Waals surface area contributed by atoms with Gasteiger partial charge < -0.3 is 10.1 Å². The molecule has 2 bridgehead atoms. The van der Waals surface area contributed by atoms with Gasteiger partial charge in [0.05, 0.1) is 11.8 Å². The maximum Gasteiger partial charge on any atom is 0.326 e. The molecule has 7 nitrogen and oxygen atoms in total. The molecule has 1 aliphatic heterocycles. The van der Waals surface area contributed by atoms with Gasteiger partial charge in [0.2, 0.25) is 11.8 Å². The summed E-state index contributed by atoms with van der Waals surface area (Å²) in [6, 6.07) is 23.2. The maximum atomic E-state index is 13.5. The largest absolute Gasteiger partial charge is 0.454 e. The van der Waals surface area contributed by atoms with Crippen molar-refractivity contribution in [2.75, 3.05) is 18.5 Å². The lowest BCUT2D eigenvalue weighted by molar-refractivity contribution is -0.154. The summed E-state index contributed by atoms with van der Waals surface area (Å²) >= 11 is 0. The Morgan fingerprint density at radius 1 is 0.806 bits per heavy atom. The number of likely N-dealkylation sites (tertiary alicyclic amines) is 1. The first kappa shape index (κ1) is 22.2. The van der Waals surface area contributed by atoms with Gasteiger partial charge in [0, 0.05) is 17.5 Å². The topological polar surface area (TPSA) is 92.8 Å². The smallest absolute Gasteiger partial charge is 0.326 e. The number of benzene rings is 3. The van der Waals surface area contributed by atoms with E-state index in [1.54, 1.807) is 12.1 Å². The monoisotopic (exact) mass is 480 g/mol. The summed E-state index contributed by atoms with van der Waals surface area (Å²) in [5.41, 5.74) is 5.86.